The van der Waals surface area contributed by atoms with E-state index < -0.39 is 0 Å². The molecule has 1 amide bonds. The van der Waals surface area contributed by atoms with E-state index in [1.807, 2.05) is 0 Å². The lowest BCUT2D eigenvalue weighted by atomic mass is 10.1. The lowest BCUT2D eigenvalue weighted by molar-refractivity contribution is -0.117. The molecule has 2 heterocycles. The molecule has 1 atom stereocenters. The molecule has 0 spiro atoms. The van der Waals surface area contributed by atoms with E-state index in [-0.39, 0.29) is 18.4 Å². The van der Waals surface area contributed by atoms with Gasteiger partial charge in [-0.3, -0.25) is 9.69 Å². The summed E-state index contributed by atoms with van der Waals surface area (Å²) in [5.74, 6) is 0.252. The first-order valence-corrected chi connectivity index (χ1v) is 5.33. The molecule has 1 aromatic heterocycles. The van der Waals surface area contributed by atoms with Crippen LogP contribution < -0.4 is 10.6 Å². The molecule has 1 unspecified atom stereocenters. The number of aromatic nitrogens is 1. The number of nitrogen functional groups attached to an aromatic ring is 1. The number of nitrogens with two attached hydrogens (primary N) is 1. The van der Waals surface area contributed by atoms with E-state index in [0.29, 0.717) is 29.6 Å². The number of aliphatic hydroxyl groups excluding tert-OH is 1. The third-order valence-corrected chi connectivity index (χ3v) is 2.80. The molecule has 0 saturated carbocycles. The summed E-state index contributed by atoms with van der Waals surface area (Å²) in [6, 6.07) is 3.19. The number of rotatable bonds is 2. The largest absolute Gasteiger partial charge is 0.396 e. The highest BCUT2D eigenvalue weighted by Gasteiger charge is 2.31. The van der Waals surface area contributed by atoms with Crippen LogP contribution in [0.15, 0.2) is 12.1 Å². The minimum absolute atomic E-state index is 0.0112. The number of amides is 1. The van der Waals surface area contributed by atoms with Crippen molar-refractivity contribution in [3.05, 3.63) is 17.3 Å². The molecule has 6 heteroatoms. The maximum atomic E-state index is 11.7. The number of hydrogen-bond donors (Lipinski definition) is 2. The molecular weight excluding hydrogens is 230 g/mol. The molecular formula is C10H12ClN3O2. The van der Waals surface area contributed by atoms with Gasteiger partial charge in [0.05, 0.1) is 5.69 Å². The third-order valence-electron chi connectivity index (χ3n) is 2.59. The van der Waals surface area contributed by atoms with Crippen molar-refractivity contribution >= 4 is 29.0 Å². The van der Waals surface area contributed by atoms with Crippen LogP contribution in [0.3, 0.4) is 0 Å². The number of pyridine rings is 1. The highest BCUT2D eigenvalue weighted by Crippen LogP contribution is 2.28. The smallest absolute Gasteiger partial charge is 0.228 e. The highest BCUT2D eigenvalue weighted by atomic mass is 35.5. The van der Waals surface area contributed by atoms with Crippen LogP contribution in [0.2, 0.25) is 5.15 Å². The predicted molar refractivity (Wildman–Crippen MR) is 61.2 cm³/mol. The predicted octanol–water partition coefficient (Wildman–Crippen LogP) is 0.662. The molecule has 1 saturated heterocycles. The Morgan fingerprint density at radius 2 is 2.38 bits per heavy atom. The molecule has 0 radical (unpaired) electrons. The summed E-state index contributed by atoms with van der Waals surface area (Å²) in [5, 5.41) is 9.31. The van der Waals surface area contributed by atoms with Crippen molar-refractivity contribution in [2.75, 3.05) is 23.8 Å². The van der Waals surface area contributed by atoms with Crippen LogP contribution >= 0.6 is 11.6 Å². The monoisotopic (exact) mass is 241 g/mol. The summed E-state index contributed by atoms with van der Waals surface area (Å²) in [6.07, 6.45) is 0.324. The van der Waals surface area contributed by atoms with E-state index in [1.54, 1.807) is 12.1 Å². The van der Waals surface area contributed by atoms with Crippen LogP contribution in [0.1, 0.15) is 6.42 Å². The standard InChI is InChI=1S/C10H12ClN3O2/c11-8-2-1-7(12)10(13-8)14-4-6(5-15)3-9(14)16/h1-2,6,15H,3-5,12H2. The van der Waals surface area contributed by atoms with Gasteiger partial charge in [0.1, 0.15) is 5.15 Å². The van der Waals surface area contributed by atoms with Gasteiger partial charge < -0.3 is 10.8 Å². The summed E-state index contributed by atoms with van der Waals surface area (Å²) in [6.45, 7) is 0.426. The highest BCUT2D eigenvalue weighted by molar-refractivity contribution is 6.29. The number of hydrogen-bond acceptors (Lipinski definition) is 4. The Balaban J connectivity index is 2.30. The first kappa shape index (κ1) is 11.2. The molecule has 0 aliphatic carbocycles. The van der Waals surface area contributed by atoms with Gasteiger partial charge in [0.25, 0.3) is 0 Å². The van der Waals surface area contributed by atoms with Crippen molar-refractivity contribution in [2.45, 2.75) is 6.42 Å². The summed E-state index contributed by atoms with van der Waals surface area (Å²) in [4.78, 5) is 17.2. The van der Waals surface area contributed by atoms with Gasteiger partial charge in [-0.05, 0) is 12.1 Å². The number of aliphatic hydroxyl groups is 1. The summed E-state index contributed by atoms with van der Waals surface area (Å²) in [5.41, 5.74) is 6.15. The first-order chi connectivity index (χ1) is 7.61. The fourth-order valence-corrected chi connectivity index (χ4v) is 1.90. The van der Waals surface area contributed by atoms with Crippen molar-refractivity contribution in [3.8, 4) is 0 Å². The number of carbonyl (C=O) groups excluding carboxylic acids is 1. The Hall–Kier alpha value is -1.33. The number of anilines is 2. The summed E-state index contributed by atoms with van der Waals surface area (Å²) < 4.78 is 0. The van der Waals surface area contributed by atoms with E-state index in [9.17, 15) is 4.79 Å². The van der Waals surface area contributed by atoms with Crippen molar-refractivity contribution in [1.82, 2.24) is 4.98 Å². The second-order valence-electron chi connectivity index (χ2n) is 3.80. The molecule has 2 rings (SSSR count). The van der Waals surface area contributed by atoms with Gasteiger partial charge in [0.2, 0.25) is 5.91 Å². The fourth-order valence-electron chi connectivity index (χ4n) is 1.76. The van der Waals surface area contributed by atoms with Gasteiger partial charge in [-0.1, -0.05) is 11.6 Å². The van der Waals surface area contributed by atoms with Gasteiger partial charge >= 0.3 is 0 Å². The Morgan fingerprint density at radius 1 is 1.62 bits per heavy atom. The molecule has 1 aliphatic heterocycles. The zero-order chi connectivity index (χ0) is 11.7. The first-order valence-electron chi connectivity index (χ1n) is 4.95. The summed E-state index contributed by atoms with van der Waals surface area (Å²) in [7, 11) is 0. The van der Waals surface area contributed by atoms with Gasteiger partial charge in [-0.15, -0.1) is 0 Å². The third kappa shape index (κ3) is 1.96. The Morgan fingerprint density at radius 3 is 3.00 bits per heavy atom. The molecule has 3 N–H and O–H groups in total. The minimum atomic E-state index is -0.0829. The lowest BCUT2D eigenvalue weighted by Crippen LogP contribution is -2.26. The molecule has 0 bridgehead atoms. The zero-order valence-corrected chi connectivity index (χ0v) is 9.31. The topological polar surface area (TPSA) is 79.4 Å². The van der Waals surface area contributed by atoms with Crippen LogP contribution in [0, 0.1) is 5.92 Å². The number of halogens is 1. The van der Waals surface area contributed by atoms with Gasteiger partial charge in [0, 0.05) is 25.5 Å². The van der Waals surface area contributed by atoms with Crippen LogP contribution in [-0.4, -0.2) is 29.1 Å². The molecule has 16 heavy (non-hydrogen) atoms. The molecule has 1 aliphatic rings. The van der Waals surface area contributed by atoms with Crippen LogP contribution in [0.25, 0.3) is 0 Å². The minimum Gasteiger partial charge on any atom is -0.396 e. The van der Waals surface area contributed by atoms with Gasteiger partial charge in [0.15, 0.2) is 5.82 Å². The Kier molecular flexibility index (Phi) is 2.98. The lowest BCUT2D eigenvalue weighted by Gasteiger charge is -2.17. The maximum Gasteiger partial charge on any atom is 0.228 e. The maximum absolute atomic E-state index is 11.7. The second-order valence-corrected chi connectivity index (χ2v) is 4.19. The number of nitrogens with zero attached hydrogens (tertiary/aromatic N) is 2. The second kappa shape index (κ2) is 4.27. The normalized spacial score (nSPS) is 20.5. The van der Waals surface area contributed by atoms with E-state index in [0.717, 1.165) is 0 Å². The van der Waals surface area contributed by atoms with Crippen LogP contribution in [0.4, 0.5) is 11.5 Å². The molecule has 1 fully saturated rings. The molecule has 0 aromatic carbocycles. The quantitative estimate of drug-likeness (QED) is 0.746. The molecule has 86 valence electrons. The van der Waals surface area contributed by atoms with Gasteiger partial charge in [-0.25, -0.2) is 4.98 Å². The van der Waals surface area contributed by atoms with Crippen molar-refractivity contribution in [1.29, 1.82) is 0 Å². The van der Waals surface area contributed by atoms with Crippen LogP contribution in [0.5, 0.6) is 0 Å². The Bertz CT molecular complexity index is 425. The van der Waals surface area contributed by atoms with E-state index >= 15 is 0 Å². The molecule has 5 nitrogen and oxygen atoms in total. The van der Waals surface area contributed by atoms with E-state index in [1.165, 1.54) is 4.90 Å². The summed E-state index contributed by atoms with van der Waals surface area (Å²) >= 11 is 5.76. The van der Waals surface area contributed by atoms with Gasteiger partial charge in [-0.2, -0.15) is 0 Å². The van der Waals surface area contributed by atoms with Crippen molar-refractivity contribution < 1.29 is 9.90 Å². The van der Waals surface area contributed by atoms with Crippen molar-refractivity contribution in [3.63, 3.8) is 0 Å². The Labute approximate surface area is 97.8 Å². The molecule has 1 aromatic rings. The van der Waals surface area contributed by atoms with E-state index in [4.69, 9.17) is 22.4 Å². The zero-order valence-electron chi connectivity index (χ0n) is 8.56. The fraction of sp³-hybridized carbons (Fsp3) is 0.400. The SMILES string of the molecule is Nc1ccc(Cl)nc1N1CC(CO)CC1=O. The number of carbonyl (C=O) groups is 1. The van der Waals surface area contributed by atoms with Crippen LogP contribution in [-0.2, 0) is 4.79 Å². The average molecular weight is 242 g/mol. The average Bonchev–Trinajstić information content (AvgIpc) is 2.63. The van der Waals surface area contributed by atoms with Crippen molar-refractivity contribution in [2.24, 2.45) is 5.92 Å². The van der Waals surface area contributed by atoms with E-state index in [2.05, 4.69) is 4.98 Å².